The predicted molar refractivity (Wildman–Crippen MR) is 88.0 cm³/mol. The summed E-state index contributed by atoms with van der Waals surface area (Å²) in [7, 11) is 0. The van der Waals surface area contributed by atoms with E-state index in [4.69, 9.17) is 10.5 Å². The highest BCUT2D eigenvalue weighted by Gasteiger charge is 2.18. The molecule has 2 nitrogen and oxygen atoms in total. The van der Waals surface area contributed by atoms with E-state index in [1.165, 1.54) is 5.56 Å². The second-order valence-electron chi connectivity index (χ2n) is 5.84. The zero-order chi connectivity index (χ0) is 14.8. The molecule has 0 spiro atoms. The lowest BCUT2D eigenvalue weighted by Crippen LogP contribution is -2.13. The summed E-state index contributed by atoms with van der Waals surface area (Å²) in [5, 5.41) is 0. The molecule has 3 heteroatoms. The number of nitrogen functional groups attached to an aromatic ring is 1. The maximum absolute atomic E-state index is 6.00. The van der Waals surface area contributed by atoms with Crippen LogP contribution in [0, 0.1) is 0 Å². The summed E-state index contributed by atoms with van der Waals surface area (Å²) >= 11 is 3.52. The Kier molecular flexibility index (Phi) is 4.39. The number of anilines is 1. The van der Waals surface area contributed by atoms with Gasteiger partial charge in [-0.3, -0.25) is 0 Å². The van der Waals surface area contributed by atoms with Crippen LogP contribution in [0.1, 0.15) is 31.9 Å². The van der Waals surface area contributed by atoms with Crippen molar-refractivity contribution in [3.8, 4) is 5.75 Å². The SMILES string of the molecule is CC(C)(C)c1ccccc1OCc1c(N)cccc1Br. The summed E-state index contributed by atoms with van der Waals surface area (Å²) in [5.74, 6) is 0.912. The Balaban J connectivity index is 2.24. The van der Waals surface area contributed by atoms with Crippen molar-refractivity contribution in [2.24, 2.45) is 0 Å². The summed E-state index contributed by atoms with van der Waals surface area (Å²) in [6.45, 7) is 7.01. The maximum atomic E-state index is 6.00. The second kappa shape index (κ2) is 5.88. The number of rotatable bonds is 3. The van der Waals surface area contributed by atoms with Gasteiger partial charge in [-0.2, -0.15) is 0 Å². The topological polar surface area (TPSA) is 35.2 Å². The molecule has 0 aliphatic rings. The average molecular weight is 334 g/mol. The third-order valence-electron chi connectivity index (χ3n) is 3.22. The molecule has 0 bridgehead atoms. The van der Waals surface area contributed by atoms with Crippen molar-refractivity contribution in [1.29, 1.82) is 0 Å². The van der Waals surface area contributed by atoms with Gasteiger partial charge in [0.25, 0.3) is 0 Å². The molecular formula is C17H20BrNO. The normalized spacial score (nSPS) is 11.4. The van der Waals surface area contributed by atoms with Crippen molar-refractivity contribution >= 4 is 21.6 Å². The lowest BCUT2D eigenvalue weighted by atomic mass is 9.86. The molecule has 0 amide bonds. The van der Waals surface area contributed by atoms with E-state index in [0.717, 1.165) is 21.5 Å². The molecule has 106 valence electrons. The molecule has 0 aromatic heterocycles. The van der Waals surface area contributed by atoms with E-state index in [1.807, 2.05) is 36.4 Å². The van der Waals surface area contributed by atoms with E-state index in [2.05, 4.69) is 42.8 Å². The first-order valence-electron chi connectivity index (χ1n) is 6.65. The molecule has 0 saturated heterocycles. The monoisotopic (exact) mass is 333 g/mol. The average Bonchev–Trinajstić information content (AvgIpc) is 2.37. The first-order chi connectivity index (χ1) is 9.39. The smallest absolute Gasteiger partial charge is 0.123 e. The third kappa shape index (κ3) is 3.34. The van der Waals surface area contributed by atoms with Crippen LogP contribution in [0.3, 0.4) is 0 Å². The lowest BCUT2D eigenvalue weighted by molar-refractivity contribution is 0.297. The Bertz CT molecular complexity index is 582. The van der Waals surface area contributed by atoms with Crippen molar-refractivity contribution in [3.63, 3.8) is 0 Å². The summed E-state index contributed by atoms with van der Waals surface area (Å²) in [6, 6.07) is 13.9. The largest absolute Gasteiger partial charge is 0.488 e. The first kappa shape index (κ1) is 14.9. The number of hydrogen-bond acceptors (Lipinski definition) is 2. The number of nitrogens with two attached hydrogens (primary N) is 1. The predicted octanol–water partition coefficient (Wildman–Crippen LogP) is 4.91. The minimum atomic E-state index is 0.0516. The first-order valence-corrected chi connectivity index (χ1v) is 7.44. The van der Waals surface area contributed by atoms with Crippen molar-refractivity contribution in [2.75, 3.05) is 5.73 Å². The fourth-order valence-corrected chi connectivity index (χ4v) is 2.59. The number of para-hydroxylation sites is 1. The zero-order valence-corrected chi connectivity index (χ0v) is 13.7. The van der Waals surface area contributed by atoms with Gasteiger partial charge in [0.15, 0.2) is 0 Å². The van der Waals surface area contributed by atoms with Crippen molar-refractivity contribution in [3.05, 3.63) is 58.1 Å². The molecule has 2 rings (SSSR count). The Hall–Kier alpha value is -1.48. The zero-order valence-electron chi connectivity index (χ0n) is 12.1. The van der Waals surface area contributed by atoms with Crippen molar-refractivity contribution < 1.29 is 4.74 Å². The minimum Gasteiger partial charge on any atom is -0.488 e. The lowest BCUT2D eigenvalue weighted by Gasteiger charge is -2.23. The standard InChI is InChI=1S/C17H20BrNO/c1-17(2,3)13-7-4-5-10-16(13)20-11-12-14(18)8-6-9-15(12)19/h4-10H,11,19H2,1-3H3. The van der Waals surface area contributed by atoms with Crippen molar-refractivity contribution in [1.82, 2.24) is 0 Å². The highest BCUT2D eigenvalue weighted by atomic mass is 79.9. The molecule has 0 fully saturated rings. The van der Waals surface area contributed by atoms with Gasteiger partial charge in [-0.05, 0) is 29.2 Å². The Morgan fingerprint density at radius 2 is 1.75 bits per heavy atom. The molecule has 0 aliphatic carbocycles. The van der Waals surface area contributed by atoms with Crippen LogP contribution in [0.2, 0.25) is 0 Å². The van der Waals surface area contributed by atoms with E-state index in [9.17, 15) is 0 Å². The second-order valence-corrected chi connectivity index (χ2v) is 6.70. The van der Waals surface area contributed by atoms with Crippen LogP contribution < -0.4 is 10.5 Å². The number of hydrogen-bond donors (Lipinski definition) is 1. The van der Waals surface area contributed by atoms with Gasteiger partial charge in [0.1, 0.15) is 12.4 Å². The van der Waals surface area contributed by atoms with Crippen LogP contribution in [-0.4, -0.2) is 0 Å². The Labute approximate surface area is 129 Å². The van der Waals surface area contributed by atoms with Gasteiger partial charge in [-0.1, -0.05) is 61.0 Å². The van der Waals surface area contributed by atoms with E-state index in [0.29, 0.717) is 6.61 Å². The minimum absolute atomic E-state index is 0.0516. The van der Waals surface area contributed by atoms with E-state index < -0.39 is 0 Å². The summed E-state index contributed by atoms with van der Waals surface area (Å²) < 4.78 is 6.98. The molecule has 0 saturated carbocycles. The van der Waals surface area contributed by atoms with Gasteiger partial charge in [-0.15, -0.1) is 0 Å². The fourth-order valence-electron chi connectivity index (χ4n) is 2.09. The summed E-state index contributed by atoms with van der Waals surface area (Å²) in [4.78, 5) is 0. The van der Waals surface area contributed by atoms with Crippen LogP contribution in [0.5, 0.6) is 5.75 Å². The Morgan fingerprint density at radius 3 is 2.40 bits per heavy atom. The molecule has 2 aromatic carbocycles. The molecule has 2 aromatic rings. The molecule has 0 radical (unpaired) electrons. The fraction of sp³-hybridized carbons (Fsp3) is 0.294. The van der Waals surface area contributed by atoms with Gasteiger partial charge in [0, 0.05) is 15.7 Å². The van der Waals surface area contributed by atoms with Crippen LogP contribution >= 0.6 is 15.9 Å². The summed E-state index contributed by atoms with van der Waals surface area (Å²) in [5.41, 5.74) is 8.98. The highest BCUT2D eigenvalue weighted by Crippen LogP contribution is 2.32. The number of halogens is 1. The van der Waals surface area contributed by atoms with E-state index >= 15 is 0 Å². The quantitative estimate of drug-likeness (QED) is 0.810. The summed E-state index contributed by atoms with van der Waals surface area (Å²) in [6.07, 6.45) is 0. The van der Waals surface area contributed by atoms with Crippen LogP contribution in [-0.2, 0) is 12.0 Å². The van der Waals surface area contributed by atoms with Crippen LogP contribution in [0.4, 0.5) is 5.69 Å². The number of benzene rings is 2. The molecule has 0 aliphatic heterocycles. The molecule has 2 N–H and O–H groups in total. The van der Waals surface area contributed by atoms with Gasteiger partial charge in [0.2, 0.25) is 0 Å². The molecule has 20 heavy (non-hydrogen) atoms. The molecule has 0 atom stereocenters. The van der Waals surface area contributed by atoms with Gasteiger partial charge in [-0.25, -0.2) is 0 Å². The number of ether oxygens (including phenoxy) is 1. The molecule has 0 unspecified atom stereocenters. The van der Waals surface area contributed by atoms with Gasteiger partial charge >= 0.3 is 0 Å². The van der Waals surface area contributed by atoms with E-state index in [1.54, 1.807) is 0 Å². The molecule has 0 heterocycles. The van der Waals surface area contributed by atoms with Crippen LogP contribution in [0.15, 0.2) is 46.9 Å². The van der Waals surface area contributed by atoms with Gasteiger partial charge < -0.3 is 10.5 Å². The third-order valence-corrected chi connectivity index (χ3v) is 3.97. The van der Waals surface area contributed by atoms with Crippen LogP contribution in [0.25, 0.3) is 0 Å². The van der Waals surface area contributed by atoms with Crippen molar-refractivity contribution in [2.45, 2.75) is 32.8 Å². The Morgan fingerprint density at radius 1 is 1.05 bits per heavy atom. The highest BCUT2D eigenvalue weighted by molar-refractivity contribution is 9.10. The van der Waals surface area contributed by atoms with Gasteiger partial charge in [0.05, 0.1) is 0 Å². The maximum Gasteiger partial charge on any atom is 0.123 e. The van der Waals surface area contributed by atoms with E-state index in [-0.39, 0.29) is 5.41 Å². The molecular weight excluding hydrogens is 314 g/mol.